The molecule has 18 heavy (non-hydrogen) atoms. The predicted molar refractivity (Wildman–Crippen MR) is 70.7 cm³/mol. The van der Waals surface area contributed by atoms with Crippen LogP contribution in [0.2, 0.25) is 5.15 Å². The molecule has 1 amide bonds. The number of amides is 1. The van der Waals surface area contributed by atoms with Crippen LogP contribution >= 0.6 is 11.6 Å². The number of nitrogens with one attached hydrogen (secondary N) is 1. The number of carbonyl (C=O) groups excluding carboxylic acids is 1. The van der Waals surface area contributed by atoms with Crippen LogP contribution in [0.1, 0.15) is 25.6 Å². The Morgan fingerprint density at radius 3 is 2.72 bits per heavy atom. The monoisotopic (exact) mass is 268 g/mol. The third-order valence-corrected chi connectivity index (χ3v) is 3.15. The van der Waals surface area contributed by atoms with Gasteiger partial charge in [-0.25, -0.2) is 9.97 Å². The summed E-state index contributed by atoms with van der Waals surface area (Å²) in [6.45, 7) is 5.32. The third kappa shape index (κ3) is 3.10. The molecule has 2 heterocycles. The van der Waals surface area contributed by atoms with Crippen LogP contribution in [-0.4, -0.2) is 39.9 Å². The van der Waals surface area contributed by atoms with Crippen LogP contribution in [0.25, 0.3) is 0 Å². The van der Waals surface area contributed by atoms with Crippen molar-refractivity contribution in [3.05, 3.63) is 17.0 Å². The van der Waals surface area contributed by atoms with Crippen molar-refractivity contribution in [2.24, 2.45) is 0 Å². The maximum Gasteiger partial charge on any atom is 0.244 e. The van der Waals surface area contributed by atoms with Crippen LogP contribution in [-0.2, 0) is 4.79 Å². The molecule has 1 atom stereocenters. The van der Waals surface area contributed by atoms with E-state index in [2.05, 4.69) is 15.3 Å². The van der Waals surface area contributed by atoms with Gasteiger partial charge in [0.2, 0.25) is 5.91 Å². The van der Waals surface area contributed by atoms with Crippen LogP contribution < -0.4 is 5.32 Å². The van der Waals surface area contributed by atoms with E-state index in [1.807, 2.05) is 11.8 Å². The van der Waals surface area contributed by atoms with Crippen molar-refractivity contribution in [3.63, 3.8) is 0 Å². The zero-order valence-electron chi connectivity index (χ0n) is 10.6. The number of hydrogen-bond acceptors (Lipinski definition) is 4. The molecule has 5 nitrogen and oxygen atoms in total. The van der Waals surface area contributed by atoms with Gasteiger partial charge in [-0.1, -0.05) is 11.6 Å². The van der Waals surface area contributed by atoms with Crippen molar-refractivity contribution in [1.82, 2.24) is 14.9 Å². The molecule has 0 radical (unpaired) electrons. The highest BCUT2D eigenvalue weighted by atomic mass is 35.5. The summed E-state index contributed by atoms with van der Waals surface area (Å²) < 4.78 is 0. The van der Waals surface area contributed by atoms with Gasteiger partial charge in [0, 0.05) is 19.2 Å². The average molecular weight is 269 g/mol. The van der Waals surface area contributed by atoms with Gasteiger partial charge < -0.3 is 10.2 Å². The Labute approximate surface area is 112 Å². The van der Waals surface area contributed by atoms with Gasteiger partial charge in [0.1, 0.15) is 22.8 Å². The Balaban J connectivity index is 2.01. The van der Waals surface area contributed by atoms with Gasteiger partial charge in [-0.3, -0.25) is 4.79 Å². The number of likely N-dealkylation sites (tertiary alicyclic amines) is 1. The predicted octanol–water partition coefficient (Wildman–Crippen LogP) is 1.86. The second-order valence-electron chi connectivity index (χ2n) is 4.52. The number of rotatable bonds is 3. The molecule has 0 saturated carbocycles. The molecule has 0 bridgehead atoms. The van der Waals surface area contributed by atoms with Gasteiger partial charge in [-0.05, 0) is 26.7 Å². The Morgan fingerprint density at radius 1 is 1.44 bits per heavy atom. The summed E-state index contributed by atoms with van der Waals surface area (Å²) in [6, 6.07) is 1.33. The van der Waals surface area contributed by atoms with Gasteiger partial charge in [0.05, 0.1) is 0 Å². The first-order valence-electron chi connectivity index (χ1n) is 6.13. The number of halogens is 1. The molecule has 1 unspecified atom stereocenters. The topological polar surface area (TPSA) is 58.1 Å². The van der Waals surface area contributed by atoms with E-state index in [0.717, 1.165) is 25.9 Å². The lowest BCUT2D eigenvalue weighted by molar-refractivity contribution is -0.130. The highest BCUT2D eigenvalue weighted by molar-refractivity contribution is 6.29. The number of aryl methyl sites for hydroxylation is 1. The zero-order chi connectivity index (χ0) is 13.1. The standard InChI is InChI=1S/C12H17ClN4O/c1-8(12(18)17-5-3-4-6-17)14-11-7-10(13)15-9(2)16-11/h7-8H,3-6H2,1-2H3,(H,14,15,16). The molecule has 0 aliphatic carbocycles. The second kappa shape index (κ2) is 5.52. The molecule has 98 valence electrons. The van der Waals surface area contributed by atoms with E-state index in [0.29, 0.717) is 16.8 Å². The number of aromatic nitrogens is 2. The van der Waals surface area contributed by atoms with Crippen molar-refractivity contribution in [1.29, 1.82) is 0 Å². The van der Waals surface area contributed by atoms with Gasteiger partial charge >= 0.3 is 0 Å². The summed E-state index contributed by atoms with van der Waals surface area (Å²) in [6.07, 6.45) is 2.19. The molecule has 1 aromatic heterocycles. The Morgan fingerprint density at radius 2 is 2.11 bits per heavy atom. The first-order chi connectivity index (χ1) is 8.56. The Kier molecular flexibility index (Phi) is 4.01. The lowest BCUT2D eigenvalue weighted by atomic mass is 10.3. The number of hydrogen-bond donors (Lipinski definition) is 1. The molecule has 6 heteroatoms. The summed E-state index contributed by atoms with van der Waals surface area (Å²) in [7, 11) is 0. The molecule has 0 spiro atoms. The maximum atomic E-state index is 12.1. The molecular weight excluding hydrogens is 252 g/mol. The van der Waals surface area contributed by atoms with Gasteiger partial charge in [0.25, 0.3) is 0 Å². The molecule has 1 N–H and O–H groups in total. The normalized spacial score (nSPS) is 16.7. The fourth-order valence-corrected chi connectivity index (χ4v) is 2.33. The average Bonchev–Trinajstić information content (AvgIpc) is 2.79. The minimum absolute atomic E-state index is 0.111. The minimum atomic E-state index is -0.298. The molecule has 1 aliphatic rings. The van der Waals surface area contributed by atoms with Crippen molar-refractivity contribution in [2.45, 2.75) is 32.7 Å². The van der Waals surface area contributed by atoms with Crippen LogP contribution in [0.15, 0.2) is 6.07 Å². The molecule has 1 saturated heterocycles. The van der Waals surface area contributed by atoms with E-state index in [9.17, 15) is 4.79 Å². The quantitative estimate of drug-likeness (QED) is 0.850. The summed E-state index contributed by atoms with van der Waals surface area (Å²) >= 11 is 5.85. The lowest BCUT2D eigenvalue weighted by Gasteiger charge is -2.21. The SMILES string of the molecule is Cc1nc(Cl)cc(NC(C)C(=O)N2CCCC2)n1. The number of carbonyl (C=O) groups is 1. The van der Waals surface area contributed by atoms with Gasteiger partial charge in [-0.2, -0.15) is 0 Å². The summed E-state index contributed by atoms with van der Waals surface area (Å²) in [5, 5.41) is 3.45. The third-order valence-electron chi connectivity index (χ3n) is 2.96. The first kappa shape index (κ1) is 13.1. The van der Waals surface area contributed by atoms with Crippen molar-refractivity contribution >= 4 is 23.3 Å². The van der Waals surface area contributed by atoms with Crippen LogP contribution in [0.5, 0.6) is 0 Å². The van der Waals surface area contributed by atoms with E-state index < -0.39 is 0 Å². The Hall–Kier alpha value is -1.36. The number of nitrogens with zero attached hydrogens (tertiary/aromatic N) is 3. The molecule has 0 aromatic carbocycles. The minimum Gasteiger partial charge on any atom is -0.358 e. The van der Waals surface area contributed by atoms with Gasteiger partial charge in [0.15, 0.2) is 0 Å². The highest BCUT2D eigenvalue weighted by Crippen LogP contribution is 2.14. The van der Waals surface area contributed by atoms with E-state index >= 15 is 0 Å². The smallest absolute Gasteiger partial charge is 0.244 e. The van der Waals surface area contributed by atoms with E-state index in [1.54, 1.807) is 13.0 Å². The maximum absolute atomic E-state index is 12.1. The summed E-state index contributed by atoms with van der Waals surface area (Å²) in [5.41, 5.74) is 0. The van der Waals surface area contributed by atoms with E-state index in [1.165, 1.54) is 0 Å². The van der Waals surface area contributed by atoms with Crippen molar-refractivity contribution < 1.29 is 4.79 Å². The molecular formula is C12H17ClN4O. The summed E-state index contributed by atoms with van der Waals surface area (Å²) in [4.78, 5) is 22.2. The number of anilines is 1. The fraction of sp³-hybridized carbons (Fsp3) is 0.583. The molecule has 2 rings (SSSR count). The second-order valence-corrected chi connectivity index (χ2v) is 4.91. The fourth-order valence-electron chi connectivity index (χ4n) is 2.10. The van der Waals surface area contributed by atoms with Crippen molar-refractivity contribution in [2.75, 3.05) is 18.4 Å². The molecule has 1 aromatic rings. The first-order valence-corrected chi connectivity index (χ1v) is 6.50. The van der Waals surface area contributed by atoms with Crippen LogP contribution in [0, 0.1) is 6.92 Å². The largest absolute Gasteiger partial charge is 0.358 e. The Bertz CT molecular complexity index is 425. The molecule has 1 fully saturated rings. The van der Waals surface area contributed by atoms with Crippen LogP contribution in [0.3, 0.4) is 0 Å². The van der Waals surface area contributed by atoms with E-state index in [-0.39, 0.29) is 11.9 Å². The highest BCUT2D eigenvalue weighted by Gasteiger charge is 2.23. The molecule has 1 aliphatic heterocycles. The lowest BCUT2D eigenvalue weighted by Crippen LogP contribution is -2.39. The van der Waals surface area contributed by atoms with Crippen LogP contribution in [0.4, 0.5) is 5.82 Å². The zero-order valence-corrected chi connectivity index (χ0v) is 11.4. The summed E-state index contributed by atoms with van der Waals surface area (Å²) in [5.74, 6) is 1.29. The van der Waals surface area contributed by atoms with Gasteiger partial charge in [-0.15, -0.1) is 0 Å². The van der Waals surface area contributed by atoms with Crippen molar-refractivity contribution in [3.8, 4) is 0 Å². The van der Waals surface area contributed by atoms with E-state index in [4.69, 9.17) is 11.6 Å².